The van der Waals surface area contributed by atoms with Crippen LogP contribution >= 0.6 is 11.6 Å². The number of carbonyl (C=O) groups excluding carboxylic acids is 1. The molecule has 0 aliphatic carbocycles. The molecular formula is C14H14ClF3N2O3. The van der Waals surface area contributed by atoms with Gasteiger partial charge in [0.15, 0.2) is 0 Å². The zero-order valence-corrected chi connectivity index (χ0v) is 12.6. The zero-order chi connectivity index (χ0) is 17.2. The minimum absolute atomic E-state index is 0.0957. The Morgan fingerprint density at radius 1 is 1.39 bits per heavy atom. The Morgan fingerprint density at radius 3 is 2.65 bits per heavy atom. The molecule has 0 aromatic heterocycles. The Kier molecular flexibility index (Phi) is 5.16. The number of amides is 1. The lowest BCUT2D eigenvalue weighted by Gasteiger charge is -2.40. The molecule has 5 nitrogen and oxygen atoms in total. The number of nitrogens with one attached hydrogen (secondary N) is 1. The van der Waals surface area contributed by atoms with Crippen LogP contribution in [-0.4, -0.2) is 53.7 Å². The number of carboxylic acid groups (broad SMARTS) is 1. The first-order valence-electron chi connectivity index (χ1n) is 6.81. The van der Waals surface area contributed by atoms with Crippen LogP contribution in [0.25, 0.3) is 0 Å². The van der Waals surface area contributed by atoms with Crippen LogP contribution in [0.4, 0.5) is 13.2 Å². The molecule has 1 saturated heterocycles. The Labute approximate surface area is 135 Å². The second-order valence-corrected chi connectivity index (χ2v) is 5.54. The Bertz CT molecular complexity index is 622. The fourth-order valence-electron chi connectivity index (χ4n) is 2.59. The van der Waals surface area contributed by atoms with Crippen LogP contribution in [0, 0.1) is 0 Å². The molecule has 0 spiro atoms. The van der Waals surface area contributed by atoms with Gasteiger partial charge in [-0.05, 0) is 18.1 Å². The largest absolute Gasteiger partial charge is 0.490 e. The molecule has 0 bridgehead atoms. The van der Waals surface area contributed by atoms with Crippen molar-refractivity contribution in [2.24, 2.45) is 0 Å². The lowest BCUT2D eigenvalue weighted by molar-refractivity contribution is -0.192. The summed E-state index contributed by atoms with van der Waals surface area (Å²) < 4.78 is 31.7. The molecular weight excluding hydrogens is 337 g/mol. The highest BCUT2D eigenvalue weighted by Crippen LogP contribution is 2.29. The van der Waals surface area contributed by atoms with E-state index in [9.17, 15) is 18.0 Å². The van der Waals surface area contributed by atoms with Crippen LogP contribution < -0.4 is 5.32 Å². The number of carbonyl (C=O) groups is 2. The van der Waals surface area contributed by atoms with Crippen LogP contribution in [0.2, 0.25) is 5.02 Å². The lowest BCUT2D eigenvalue weighted by Crippen LogP contribution is -2.56. The highest BCUT2D eigenvalue weighted by molar-refractivity contribution is 6.34. The van der Waals surface area contributed by atoms with Gasteiger partial charge >= 0.3 is 12.1 Å². The summed E-state index contributed by atoms with van der Waals surface area (Å²) >= 11 is 6.11. The van der Waals surface area contributed by atoms with E-state index >= 15 is 0 Å². The van der Waals surface area contributed by atoms with Gasteiger partial charge in [-0.3, -0.25) is 4.79 Å². The third-order valence-corrected chi connectivity index (χ3v) is 3.94. The van der Waals surface area contributed by atoms with Crippen molar-refractivity contribution in [1.29, 1.82) is 0 Å². The van der Waals surface area contributed by atoms with Gasteiger partial charge in [0, 0.05) is 25.7 Å². The second-order valence-electron chi connectivity index (χ2n) is 5.14. The molecule has 1 fully saturated rings. The smallest absolute Gasteiger partial charge is 0.475 e. The molecule has 1 aromatic carbocycles. The van der Waals surface area contributed by atoms with Gasteiger partial charge in [0.25, 0.3) is 5.91 Å². The summed E-state index contributed by atoms with van der Waals surface area (Å²) in [7, 11) is 0. The summed E-state index contributed by atoms with van der Waals surface area (Å²) in [5.74, 6) is -2.66. The van der Waals surface area contributed by atoms with E-state index < -0.39 is 12.1 Å². The summed E-state index contributed by atoms with van der Waals surface area (Å²) in [6, 6.07) is 6.01. The number of rotatable bonds is 0. The molecule has 0 unspecified atom stereocenters. The van der Waals surface area contributed by atoms with E-state index in [1.807, 2.05) is 17.0 Å². The molecule has 3 rings (SSSR count). The Balaban J connectivity index is 0.000000236. The van der Waals surface area contributed by atoms with Gasteiger partial charge in [-0.25, -0.2) is 4.79 Å². The quantitative estimate of drug-likeness (QED) is 0.750. The maximum atomic E-state index is 12.3. The van der Waals surface area contributed by atoms with E-state index in [1.165, 1.54) is 0 Å². The number of fused-ring (bicyclic) bond motifs is 2. The number of aliphatic carboxylic acids is 1. The van der Waals surface area contributed by atoms with Crippen molar-refractivity contribution >= 4 is 23.5 Å². The maximum absolute atomic E-state index is 12.3. The molecule has 1 aromatic rings. The predicted molar refractivity (Wildman–Crippen MR) is 76.5 cm³/mol. The number of alkyl halides is 3. The van der Waals surface area contributed by atoms with Crippen molar-refractivity contribution in [3.05, 3.63) is 34.3 Å². The van der Waals surface area contributed by atoms with E-state index in [2.05, 4.69) is 5.32 Å². The van der Waals surface area contributed by atoms with E-state index in [0.717, 1.165) is 31.6 Å². The van der Waals surface area contributed by atoms with Crippen molar-refractivity contribution in [2.45, 2.75) is 18.6 Å². The van der Waals surface area contributed by atoms with Gasteiger partial charge in [-0.2, -0.15) is 13.2 Å². The van der Waals surface area contributed by atoms with Crippen LogP contribution in [0.5, 0.6) is 0 Å². The normalized spacial score (nSPS) is 20.1. The molecule has 1 atom stereocenters. The van der Waals surface area contributed by atoms with Crippen LogP contribution in [-0.2, 0) is 11.2 Å². The number of hydrogen-bond donors (Lipinski definition) is 2. The lowest BCUT2D eigenvalue weighted by atomic mass is 9.92. The third kappa shape index (κ3) is 3.94. The van der Waals surface area contributed by atoms with Crippen molar-refractivity contribution in [2.75, 3.05) is 19.6 Å². The molecule has 23 heavy (non-hydrogen) atoms. The number of piperazine rings is 1. The topological polar surface area (TPSA) is 69.6 Å². The standard InChI is InChI=1S/C12H13ClN2O.C2HF3O2/c13-10-3-1-2-8-6-9-7-14-4-5-15(9)12(16)11(8)10;3-2(4,5)1(6)7/h1-3,9,14H,4-7H2;(H,6,7)/t9-;/m1./s1. The minimum Gasteiger partial charge on any atom is -0.475 e. The number of hydrogen-bond acceptors (Lipinski definition) is 3. The molecule has 9 heteroatoms. The number of nitrogens with zero attached hydrogens (tertiary/aromatic N) is 1. The first-order valence-corrected chi connectivity index (χ1v) is 7.18. The first kappa shape index (κ1) is 17.6. The first-order chi connectivity index (χ1) is 10.7. The van der Waals surface area contributed by atoms with Crippen LogP contribution in [0.3, 0.4) is 0 Å². The van der Waals surface area contributed by atoms with Gasteiger partial charge in [0.1, 0.15) is 0 Å². The van der Waals surface area contributed by atoms with Crippen molar-refractivity contribution in [3.63, 3.8) is 0 Å². The summed E-state index contributed by atoms with van der Waals surface area (Å²) in [6.45, 7) is 2.55. The highest BCUT2D eigenvalue weighted by atomic mass is 35.5. The Morgan fingerprint density at radius 2 is 2.04 bits per heavy atom. The van der Waals surface area contributed by atoms with Crippen LogP contribution in [0.15, 0.2) is 18.2 Å². The summed E-state index contributed by atoms with van der Waals surface area (Å²) in [5.41, 5.74) is 1.80. The van der Waals surface area contributed by atoms with Crippen molar-refractivity contribution in [3.8, 4) is 0 Å². The van der Waals surface area contributed by atoms with E-state index in [4.69, 9.17) is 21.5 Å². The SMILES string of the molecule is O=C(O)C(F)(F)F.O=C1c2c(Cl)cccc2C[C@@H]2CNCCN12. The summed E-state index contributed by atoms with van der Waals surface area (Å²) in [6.07, 6.45) is -4.17. The van der Waals surface area contributed by atoms with Crippen LogP contribution in [0.1, 0.15) is 15.9 Å². The monoisotopic (exact) mass is 350 g/mol. The third-order valence-electron chi connectivity index (χ3n) is 3.62. The number of benzene rings is 1. The van der Waals surface area contributed by atoms with Crippen molar-refractivity contribution in [1.82, 2.24) is 10.2 Å². The van der Waals surface area contributed by atoms with E-state index in [0.29, 0.717) is 16.6 Å². The average Bonchev–Trinajstić information content (AvgIpc) is 2.47. The van der Waals surface area contributed by atoms with Crippen molar-refractivity contribution < 1.29 is 27.9 Å². The summed E-state index contributed by atoms with van der Waals surface area (Å²) in [5, 5.41) is 11.0. The fourth-order valence-corrected chi connectivity index (χ4v) is 2.86. The molecule has 2 aliphatic rings. The predicted octanol–water partition coefficient (Wildman–Crippen LogP) is 1.94. The molecule has 0 saturated carbocycles. The summed E-state index contributed by atoms with van der Waals surface area (Å²) in [4.78, 5) is 23.1. The zero-order valence-electron chi connectivity index (χ0n) is 11.9. The number of halogens is 4. The average molecular weight is 351 g/mol. The van der Waals surface area contributed by atoms with E-state index in [1.54, 1.807) is 6.07 Å². The molecule has 126 valence electrons. The molecule has 1 amide bonds. The molecule has 2 heterocycles. The van der Waals surface area contributed by atoms with Gasteiger partial charge in [-0.1, -0.05) is 23.7 Å². The minimum atomic E-state index is -5.08. The fraction of sp³-hybridized carbons (Fsp3) is 0.429. The van der Waals surface area contributed by atoms with Gasteiger partial charge in [0.2, 0.25) is 0 Å². The highest BCUT2D eigenvalue weighted by Gasteiger charge is 2.38. The van der Waals surface area contributed by atoms with Gasteiger partial charge < -0.3 is 15.3 Å². The maximum Gasteiger partial charge on any atom is 0.490 e. The molecule has 2 aliphatic heterocycles. The Hall–Kier alpha value is -1.80. The van der Waals surface area contributed by atoms with E-state index in [-0.39, 0.29) is 5.91 Å². The van der Waals surface area contributed by atoms with Gasteiger partial charge in [-0.15, -0.1) is 0 Å². The molecule has 0 radical (unpaired) electrons. The number of carboxylic acids is 1. The van der Waals surface area contributed by atoms with Gasteiger partial charge in [0.05, 0.1) is 10.6 Å². The second kappa shape index (κ2) is 6.76. The molecule has 2 N–H and O–H groups in total.